The third-order valence-corrected chi connectivity index (χ3v) is 2.81. The number of hydrogen-bond donors (Lipinski definition) is 1. The summed E-state index contributed by atoms with van der Waals surface area (Å²) in [7, 11) is -3.88. The Labute approximate surface area is 82.2 Å². The van der Waals surface area contributed by atoms with Crippen LogP contribution in [-0.4, -0.2) is 29.6 Å². The maximum absolute atomic E-state index is 10.8. The van der Waals surface area contributed by atoms with Gasteiger partial charge < -0.3 is 0 Å². The third kappa shape index (κ3) is 9.59. The van der Waals surface area contributed by atoms with Crippen LogP contribution in [0.25, 0.3) is 0 Å². The molecule has 0 aliphatic rings. The van der Waals surface area contributed by atoms with E-state index in [4.69, 9.17) is 4.55 Å². The second-order valence-electron chi connectivity index (χ2n) is 2.31. The van der Waals surface area contributed by atoms with Gasteiger partial charge in [-0.15, -0.1) is 0 Å². The Kier molecular flexibility index (Phi) is 6.02. The molecule has 4 nitrogen and oxygen atoms in total. The molecule has 0 aliphatic heterocycles. The molecule has 0 rings (SSSR count). The number of thioether (sulfide) groups is 1. The van der Waals surface area contributed by atoms with Crippen molar-refractivity contribution < 1.29 is 17.8 Å². The first-order valence-electron chi connectivity index (χ1n) is 3.70. The van der Waals surface area contributed by atoms with Crippen molar-refractivity contribution in [3.63, 3.8) is 0 Å². The number of allylic oxidation sites excluding steroid dienone is 1. The molecular weight excluding hydrogens is 212 g/mol. The molecular formula is C7H12O4S2. The van der Waals surface area contributed by atoms with Crippen LogP contribution in [-0.2, 0) is 14.9 Å². The molecule has 1 N–H and O–H groups in total. The summed E-state index contributed by atoms with van der Waals surface area (Å²) in [6.07, 6.45) is 3.32. The first kappa shape index (κ1) is 12.7. The van der Waals surface area contributed by atoms with Crippen molar-refractivity contribution in [2.75, 3.05) is 11.5 Å². The molecule has 76 valence electrons. The fourth-order valence-corrected chi connectivity index (χ4v) is 2.01. The van der Waals surface area contributed by atoms with Gasteiger partial charge in [0.15, 0.2) is 0 Å². The summed E-state index contributed by atoms with van der Waals surface area (Å²) in [5.41, 5.74) is 0. The predicted octanol–water partition coefficient (Wildman–Crippen LogP) is 1.10. The van der Waals surface area contributed by atoms with Crippen LogP contribution >= 0.6 is 11.8 Å². The standard InChI is InChI=1S/C7H12O4S2/c1-2-4-7(8)12-5-3-6-13(9,10)11/h2,4H,3,5-6H2,1H3,(H,9,10,11). The molecule has 0 bridgehead atoms. The summed E-state index contributed by atoms with van der Waals surface area (Å²) in [5, 5.41) is -0.0992. The number of hydrogen-bond acceptors (Lipinski definition) is 4. The molecule has 0 saturated heterocycles. The van der Waals surface area contributed by atoms with Crippen LogP contribution in [0.2, 0.25) is 0 Å². The molecule has 0 radical (unpaired) electrons. The largest absolute Gasteiger partial charge is 0.286 e. The highest BCUT2D eigenvalue weighted by molar-refractivity contribution is 8.14. The van der Waals surface area contributed by atoms with E-state index in [2.05, 4.69) is 0 Å². The maximum atomic E-state index is 10.8. The van der Waals surface area contributed by atoms with Crippen molar-refractivity contribution >= 4 is 27.0 Å². The van der Waals surface area contributed by atoms with E-state index >= 15 is 0 Å². The van der Waals surface area contributed by atoms with Crippen LogP contribution < -0.4 is 0 Å². The smallest absolute Gasteiger partial charge is 0.264 e. The Bertz CT molecular complexity index is 279. The molecule has 0 saturated carbocycles. The molecule has 0 spiro atoms. The zero-order chi connectivity index (χ0) is 10.3. The number of carbonyl (C=O) groups is 1. The Morgan fingerprint density at radius 1 is 1.54 bits per heavy atom. The average Bonchev–Trinajstić information content (AvgIpc) is 1.97. The molecule has 0 amide bonds. The zero-order valence-corrected chi connectivity index (χ0v) is 8.90. The molecule has 0 aromatic carbocycles. The summed E-state index contributed by atoms with van der Waals surface area (Å²) in [4.78, 5) is 10.8. The van der Waals surface area contributed by atoms with Crippen LogP contribution in [0.3, 0.4) is 0 Å². The minimum Gasteiger partial charge on any atom is -0.286 e. The van der Waals surface area contributed by atoms with Crippen LogP contribution in [0, 0.1) is 0 Å². The molecule has 0 heterocycles. The molecule has 0 unspecified atom stereocenters. The van der Waals surface area contributed by atoms with Crippen molar-refractivity contribution in [3.8, 4) is 0 Å². The molecule has 6 heteroatoms. The summed E-state index contributed by atoms with van der Waals surface area (Å²) < 4.78 is 28.8. The summed E-state index contributed by atoms with van der Waals surface area (Å²) in [5.74, 6) is 0.117. The van der Waals surface area contributed by atoms with Gasteiger partial charge in [-0.05, 0) is 19.4 Å². The SMILES string of the molecule is CC=CC(=O)SCCCS(=O)(=O)O. The van der Waals surface area contributed by atoms with Gasteiger partial charge in [0.25, 0.3) is 10.1 Å². The lowest BCUT2D eigenvalue weighted by Crippen LogP contribution is -2.05. The van der Waals surface area contributed by atoms with E-state index in [9.17, 15) is 13.2 Å². The van der Waals surface area contributed by atoms with Gasteiger partial charge in [0, 0.05) is 5.75 Å². The van der Waals surface area contributed by atoms with Crippen molar-refractivity contribution in [1.29, 1.82) is 0 Å². The lowest BCUT2D eigenvalue weighted by atomic mass is 10.6. The van der Waals surface area contributed by atoms with E-state index in [0.717, 1.165) is 11.8 Å². The maximum Gasteiger partial charge on any atom is 0.264 e. The number of rotatable bonds is 5. The Hall–Kier alpha value is -0.330. The second kappa shape index (κ2) is 6.17. The molecule has 0 atom stereocenters. The molecule has 0 aliphatic carbocycles. The van der Waals surface area contributed by atoms with Crippen molar-refractivity contribution in [1.82, 2.24) is 0 Å². The minimum atomic E-state index is -3.88. The van der Waals surface area contributed by atoms with Crippen molar-refractivity contribution in [2.45, 2.75) is 13.3 Å². The Balaban J connectivity index is 3.53. The minimum absolute atomic E-state index is 0.0992. The van der Waals surface area contributed by atoms with Crippen LogP contribution in [0.1, 0.15) is 13.3 Å². The van der Waals surface area contributed by atoms with Gasteiger partial charge in [0.1, 0.15) is 0 Å². The highest BCUT2D eigenvalue weighted by atomic mass is 32.2. The second-order valence-corrected chi connectivity index (χ2v) is 4.98. The first-order valence-corrected chi connectivity index (χ1v) is 6.30. The lowest BCUT2D eigenvalue weighted by molar-refractivity contribution is -0.107. The van der Waals surface area contributed by atoms with E-state index in [1.807, 2.05) is 0 Å². The van der Waals surface area contributed by atoms with Crippen molar-refractivity contribution in [2.24, 2.45) is 0 Å². The highest BCUT2D eigenvalue weighted by Crippen LogP contribution is 2.05. The van der Waals surface area contributed by atoms with Crippen molar-refractivity contribution in [3.05, 3.63) is 12.2 Å². The van der Waals surface area contributed by atoms with E-state index in [-0.39, 0.29) is 17.3 Å². The Morgan fingerprint density at radius 2 is 2.15 bits per heavy atom. The van der Waals surface area contributed by atoms with Crippen LogP contribution in [0.4, 0.5) is 0 Å². The summed E-state index contributed by atoms with van der Waals surface area (Å²) in [6.45, 7) is 1.73. The lowest BCUT2D eigenvalue weighted by Gasteiger charge is -1.95. The van der Waals surface area contributed by atoms with E-state index in [1.165, 1.54) is 6.08 Å². The van der Waals surface area contributed by atoms with Gasteiger partial charge in [-0.3, -0.25) is 9.35 Å². The van der Waals surface area contributed by atoms with Gasteiger partial charge >= 0.3 is 0 Å². The highest BCUT2D eigenvalue weighted by Gasteiger charge is 2.04. The average molecular weight is 224 g/mol. The van der Waals surface area contributed by atoms with E-state index in [0.29, 0.717) is 5.75 Å². The Morgan fingerprint density at radius 3 is 2.62 bits per heavy atom. The van der Waals surface area contributed by atoms with Gasteiger partial charge in [-0.2, -0.15) is 8.42 Å². The van der Waals surface area contributed by atoms with Crippen LogP contribution in [0.5, 0.6) is 0 Å². The quantitative estimate of drug-likeness (QED) is 0.430. The van der Waals surface area contributed by atoms with Gasteiger partial charge in [0.05, 0.1) is 5.75 Å². The van der Waals surface area contributed by atoms with Gasteiger partial charge in [-0.1, -0.05) is 17.8 Å². The molecule has 0 fully saturated rings. The van der Waals surface area contributed by atoms with Gasteiger partial charge in [0.2, 0.25) is 5.12 Å². The first-order chi connectivity index (χ1) is 5.95. The number of carbonyl (C=O) groups excluding carboxylic acids is 1. The third-order valence-electron chi connectivity index (χ3n) is 1.09. The normalized spacial score (nSPS) is 12.2. The van der Waals surface area contributed by atoms with E-state index in [1.54, 1.807) is 13.0 Å². The summed E-state index contributed by atoms with van der Waals surface area (Å²) in [6, 6.07) is 0. The predicted molar refractivity (Wildman–Crippen MR) is 53.3 cm³/mol. The molecule has 0 aromatic heterocycles. The summed E-state index contributed by atoms with van der Waals surface area (Å²) >= 11 is 1.04. The molecule has 0 aromatic rings. The van der Waals surface area contributed by atoms with E-state index < -0.39 is 10.1 Å². The topological polar surface area (TPSA) is 71.4 Å². The monoisotopic (exact) mass is 224 g/mol. The van der Waals surface area contributed by atoms with Crippen LogP contribution in [0.15, 0.2) is 12.2 Å². The molecule has 13 heavy (non-hydrogen) atoms. The van der Waals surface area contributed by atoms with Gasteiger partial charge in [-0.25, -0.2) is 0 Å². The zero-order valence-electron chi connectivity index (χ0n) is 7.26. The fourth-order valence-electron chi connectivity index (χ4n) is 0.598. The fraction of sp³-hybridized carbons (Fsp3) is 0.571.